The topological polar surface area (TPSA) is 75.3 Å². The van der Waals surface area contributed by atoms with Crippen LogP contribution in [0.3, 0.4) is 0 Å². The summed E-state index contributed by atoms with van der Waals surface area (Å²) in [5, 5.41) is 7.06. The third-order valence-electron chi connectivity index (χ3n) is 4.09. The lowest BCUT2D eigenvalue weighted by atomic mass is 10.1. The number of nitrogens with one attached hydrogen (secondary N) is 2. The van der Waals surface area contributed by atoms with Gasteiger partial charge in [0.05, 0.1) is 6.54 Å². The number of aryl methyl sites for hydroxylation is 1. The van der Waals surface area contributed by atoms with Crippen LogP contribution in [-0.4, -0.2) is 29.0 Å². The van der Waals surface area contributed by atoms with Gasteiger partial charge in [-0.05, 0) is 44.0 Å². The summed E-state index contributed by atoms with van der Waals surface area (Å²) in [5.74, 6) is 1.35. The number of aromatic nitrogens is 2. The van der Waals surface area contributed by atoms with E-state index >= 15 is 0 Å². The molecule has 0 saturated heterocycles. The fraction of sp³-hybridized carbons (Fsp3) is 0.286. The molecule has 1 aromatic carbocycles. The molecule has 3 rings (SSSR count). The van der Waals surface area contributed by atoms with Crippen molar-refractivity contribution in [1.82, 2.24) is 20.6 Å². The van der Waals surface area contributed by atoms with E-state index in [9.17, 15) is 0 Å². The first-order valence-electron chi connectivity index (χ1n) is 9.28. The largest absolute Gasteiger partial charge is 0.444 e. The van der Waals surface area contributed by atoms with Crippen molar-refractivity contribution in [3.8, 4) is 11.5 Å². The summed E-state index contributed by atoms with van der Waals surface area (Å²) < 4.78 is 5.59. The number of guanidine groups is 1. The maximum Gasteiger partial charge on any atom is 0.226 e. The molecule has 6 nitrogen and oxygen atoms in total. The predicted octanol–water partition coefficient (Wildman–Crippen LogP) is 4.61. The van der Waals surface area contributed by atoms with Crippen LogP contribution in [0.15, 0.2) is 58.3 Å². The van der Waals surface area contributed by atoms with Crippen LogP contribution in [-0.2, 0) is 13.0 Å². The van der Waals surface area contributed by atoms with Crippen LogP contribution in [0.4, 0.5) is 0 Å². The lowest BCUT2D eigenvalue weighted by molar-refractivity contribution is 0.572. The summed E-state index contributed by atoms with van der Waals surface area (Å²) in [4.78, 5) is 13.2. The standard InChI is InChI=1S/C21H24ClN5O.HI/c1-3-23-21(24-11-10-16-6-9-19(22)25-12-16)26-13-18-14-28-20(27-18)17-7-4-15(2)5-8-17;/h4-9,12,14H,3,10-11,13H2,1-2H3,(H2,23,24,26);1H. The fourth-order valence-electron chi connectivity index (χ4n) is 2.59. The highest BCUT2D eigenvalue weighted by atomic mass is 127. The van der Waals surface area contributed by atoms with Gasteiger partial charge >= 0.3 is 0 Å². The van der Waals surface area contributed by atoms with Crippen molar-refractivity contribution < 1.29 is 4.42 Å². The zero-order valence-electron chi connectivity index (χ0n) is 16.5. The van der Waals surface area contributed by atoms with Crippen LogP contribution < -0.4 is 10.6 Å². The van der Waals surface area contributed by atoms with Gasteiger partial charge in [-0.1, -0.05) is 35.4 Å². The predicted molar refractivity (Wildman–Crippen MR) is 128 cm³/mol. The fourth-order valence-corrected chi connectivity index (χ4v) is 2.70. The van der Waals surface area contributed by atoms with Gasteiger partial charge in [0.25, 0.3) is 0 Å². The maximum absolute atomic E-state index is 5.82. The van der Waals surface area contributed by atoms with E-state index in [4.69, 9.17) is 16.0 Å². The Kier molecular flexibility index (Phi) is 9.40. The van der Waals surface area contributed by atoms with Crippen molar-refractivity contribution in [3.63, 3.8) is 0 Å². The Morgan fingerprint density at radius 2 is 1.93 bits per heavy atom. The summed E-state index contributed by atoms with van der Waals surface area (Å²) >= 11 is 5.82. The van der Waals surface area contributed by atoms with Crippen LogP contribution in [0.2, 0.25) is 5.15 Å². The number of pyridine rings is 1. The van der Waals surface area contributed by atoms with E-state index in [-0.39, 0.29) is 24.0 Å². The van der Waals surface area contributed by atoms with Gasteiger partial charge in [-0.15, -0.1) is 24.0 Å². The second-order valence-corrected chi connectivity index (χ2v) is 6.76. The van der Waals surface area contributed by atoms with Crippen molar-refractivity contribution in [2.24, 2.45) is 4.99 Å². The van der Waals surface area contributed by atoms with Crippen molar-refractivity contribution in [2.75, 3.05) is 13.1 Å². The number of rotatable bonds is 7. The lowest BCUT2D eigenvalue weighted by Gasteiger charge is -2.10. The molecular formula is C21H25ClIN5O. The van der Waals surface area contributed by atoms with E-state index in [0.29, 0.717) is 17.6 Å². The molecule has 0 saturated carbocycles. The van der Waals surface area contributed by atoms with E-state index < -0.39 is 0 Å². The molecule has 0 aliphatic heterocycles. The average molecular weight is 526 g/mol. The molecule has 0 aliphatic carbocycles. The Labute approximate surface area is 193 Å². The molecule has 0 amide bonds. The molecule has 2 heterocycles. The zero-order valence-corrected chi connectivity index (χ0v) is 19.6. The molecule has 154 valence electrons. The normalized spacial score (nSPS) is 11.1. The Morgan fingerprint density at radius 1 is 1.14 bits per heavy atom. The number of oxazole rings is 1. The second-order valence-electron chi connectivity index (χ2n) is 6.37. The quantitative estimate of drug-likeness (QED) is 0.204. The molecule has 2 N–H and O–H groups in total. The Morgan fingerprint density at radius 3 is 2.62 bits per heavy atom. The SMILES string of the molecule is CCNC(=NCc1coc(-c2ccc(C)cc2)n1)NCCc1ccc(Cl)nc1.I. The Hall–Kier alpha value is -2.13. The smallest absolute Gasteiger partial charge is 0.226 e. The first kappa shape index (κ1) is 23.2. The monoisotopic (exact) mass is 525 g/mol. The van der Waals surface area contributed by atoms with Gasteiger partial charge in [-0.25, -0.2) is 15.0 Å². The highest BCUT2D eigenvalue weighted by Gasteiger charge is 2.07. The van der Waals surface area contributed by atoms with E-state index in [1.165, 1.54) is 5.56 Å². The molecule has 8 heteroatoms. The third-order valence-corrected chi connectivity index (χ3v) is 4.31. The molecular weight excluding hydrogens is 501 g/mol. The molecule has 0 bridgehead atoms. The number of aliphatic imine (C=N–C) groups is 1. The van der Waals surface area contributed by atoms with E-state index in [1.54, 1.807) is 18.5 Å². The number of halogens is 2. The molecule has 0 atom stereocenters. The molecule has 0 aliphatic rings. The second kappa shape index (κ2) is 11.8. The minimum absolute atomic E-state index is 0. The Bertz CT molecular complexity index is 910. The van der Waals surface area contributed by atoms with Gasteiger partial charge in [0.15, 0.2) is 5.96 Å². The van der Waals surface area contributed by atoms with E-state index in [1.807, 2.05) is 37.3 Å². The van der Waals surface area contributed by atoms with Gasteiger partial charge in [-0.2, -0.15) is 0 Å². The van der Waals surface area contributed by atoms with Crippen molar-refractivity contribution >= 4 is 41.5 Å². The number of hydrogen-bond acceptors (Lipinski definition) is 4. The maximum atomic E-state index is 5.82. The zero-order chi connectivity index (χ0) is 19.8. The summed E-state index contributed by atoms with van der Waals surface area (Å²) in [6.45, 7) is 6.04. The first-order valence-corrected chi connectivity index (χ1v) is 9.66. The van der Waals surface area contributed by atoms with Crippen LogP contribution in [0.1, 0.15) is 23.7 Å². The van der Waals surface area contributed by atoms with Gasteiger partial charge in [-0.3, -0.25) is 0 Å². The van der Waals surface area contributed by atoms with Gasteiger partial charge in [0.1, 0.15) is 17.1 Å². The van der Waals surface area contributed by atoms with Gasteiger partial charge < -0.3 is 15.1 Å². The summed E-state index contributed by atoms with van der Waals surface area (Å²) in [7, 11) is 0. The van der Waals surface area contributed by atoms with E-state index in [2.05, 4.69) is 32.5 Å². The minimum Gasteiger partial charge on any atom is -0.444 e. The molecule has 0 fully saturated rings. The number of benzene rings is 1. The summed E-state index contributed by atoms with van der Waals surface area (Å²) in [5.41, 5.74) is 4.07. The molecule has 29 heavy (non-hydrogen) atoms. The van der Waals surface area contributed by atoms with Gasteiger partial charge in [0, 0.05) is 24.8 Å². The van der Waals surface area contributed by atoms with Crippen LogP contribution in [0, 0.1) is 6.92 Å². The number of nitrogens with zero attached hydrogens (tertiary/aromatic N) is 3. The highest BCUT2D eigenvalue weighted by molar-refractivity contribution is 14.0. The third kappa shape index (κ3) is 7.32. The average Bonchev–Trinajstić information content (AvgIpc) is 3.17. The lowest BCUT2D eigenvalue weighted by Crippen LogP contribution is -2.38. The van der Waals surface area contributed by atoms with Crippen molar-refractivity contribution in [3.05, 3.63) is 70.8 Å². The molecule has 0 unspecified atom stereocenters. The Balaban J connectivity index is 0.00000300. The molecule has 3 aromatic rings. The number of hydrogen-bond donors (Lipinski definition) is 2. The summed E-state index contributed by atoms with van der Waals surface area (Å²) in [6.07, 6.45) is 4.27. The molecule has 0 spiro atoms. The van der Waals surface area contributed by atoms with Crippen LogP contribution in [0.25, 0.3) is 11.5 Å². The van der Waals surface area contributed by atoms with Crippen molar-refractivity contribution in [1.29, 1.82) is 0 Å². The molecule has 0 radical (unpaired) electrons. The minimum atomic E-state index is 0. The highest BCUT2D eigenvalue weighted by Crippen LogP contribution is 2.19. The van der Waals surface area contributed by atoms with Crippen molar-refractivity contribution in [2.45, 2.75) is 26.8 Å². The van der Waals surface area contributed by atoms with E-state index in [0.717, 1.165) is 42.3 Å². The summed E-state index contributed by atoms with van der Waals surface area (Å²) in [6, 6.07) is 11.9. The molecule has 2 aromatic heterocycles. The van der Waals surface area contributed by atoms with Crippen LogP contribution >= 0.6 is 35.6 Å². The van der Waals surface area contributed by atoms with Gasteiger partial charge in [0.2, 0.25) is 5.89 Å². The van der Waals surface area contributed by atoms with Crippen LogP contribution in [0.5, 0.6) is 0 Å². The first-order chi connectivity index (χ1) is 13.6.